The van der Waals surface area contributed by atoms with Crippen LogP contribution in [0.4, 0.5) is 17.1 Å². The topological polar surface area (TPSA) is 3.24 Å². The number of anilines is 3. The van der Waals surface area contributed by atoms with Crippen LogP contribution in [0.25, 0.3) is 77.9 Å². The van der Waals surface area contributed by atoms with Gasteiger partial charge in [0.15, 0.2) is 0 Å². The van der Waals surface area contributed by atoms with Crippen LogP contribution in [-0.4, -0.2) is 0 Å². The molecule has 0 saturated carbocycles. The van der Waals surface area contributed by atoms with Crippen molar-refractivity contribution in [3.63, 3.8) is 0 Å². The van der Waals surface area contributed by atoms with Gasteiger partial charge in [-0.2, -0.15) is 0 Å². The van der Waals surface area contributed by atoms with Gasteiger partial charge in [-0.15, -0.1) is 0 Å². The summed E-state index contributed by atoms with van der Waals surface area (Å²) < 4.78 is 0. The molecule has 1 nitrogen and oxygen atoms in total. The van der Waals surface area contributed by atoms with Crippen molar-refractivity contribution in [3.8, 4) is 77.9 Å². The second kappa shape index (κ2) is 17.1. The van der Waals surface area contributed by atoms with Gasteiger partial charge in [0.1, 0.15) is 0 Å². The SMILES string of the molecule is c1ccc(-c2cc(-c3ccccc3)cc(-c3ccc(N(c4ccc(-c5ccccc5-c5ccccc5)cc4)c4ccc(-c5ccccc5-c5ccccc5)cc4)cc3)c2)cc1. The molecule has 0 aliphatic heterocycles. The zero-order valence-corrected chi connectivity index (χ0v) is 33.8. The summed E-state index contributed by atoms with van der Waals surface area (Å²) in [5.74, 6) is 0. The van der Waals surface area contributed by atoms with Crippen molar-refractivity contribution in [1.29, 1.82) is 0 Å². The first kappa shape index (κ1) is 37.3. The van der Waals surface area contributed by atoms with Crippen molar-refractivity contribution in [1.82, 2.24) is 0 Å². The smallest absolute Gasteiger partial charge is 0.0462 e. The molecule has 0 aliphatic rings. The Labute approximate surface area is 359 Å². The van der Waals surface area contributed by atoms with Crippen molar-refractivity contribution >= 4 is 17.1 Å². The summed E-state index contributed by atoms with van der Waals surface area (Å²) in [7, 11) is 0. The Morgan fingerprint density at radius 3 is 0.672 bits per heavy atom. The van der Waals surface area contributed by atoms with E-state index < -0.39 is 0 Å². The van der Waals surface area contributed by atoms with Gasteiger partial charge in [-0.05, 0) is 132 Å². The van der Waals surface area contributed by atoms with Crippen LogP contribution in [0.5, 0.6) is 0 Å². The molecule has 0 fully saturated rings. The Bertz CT molecular complexity index is 2830. The third-order valence-corrected chi connectivity index (χ3v) is 11.5. The summed E-state index contributed by atoms with van der Waals surface area (Å²) in [6.07, 6.45) is 0. The minimum absolute atomic E-state index is 1.08. The minimum Gasteiger partial charge on any atom is -0.311 e. The van der Waals surface area contributed by atoms with E-state index in [1.807, 2.05) is 0 Å². The van der Waals surface area contributed by atoms with Gasteiger partial charge in [0.2, 0.25) is 0 Å². The highest BCUT2D eigenvalue weighted by Crippen LogP contribution is 2.41. The van der Waals surface area contributed by atoms with Crippen LogP contribution in [0, 0.1) is 0 Å². The lowest BCUT2D eigenvalue weighted by Crippen LogP contribution is -2.09. The Hall–Kier alpha value is -8.00. The van der Waals surface area contributed by atoms with Crippen LogP contribution in [0.15, 0.2) is 261 Å². The maximum Gasteiger partial charge on any atom is 0.0462 e. The van der Waals surface area contributed by atoms with Gasteiger partial charge in [-0.25, -0.2) is 0 Å². The van der Waals surface area contributed by atoms with E-state index in [1.165, 1.54) is 77.9 Å². The summed E-state index contributed by atoms with van der Waals surface area (Å²) in [5, 5.41) is 0. The molecule has 0 aromatic heterocycles. The largest absolute Gasteiger partial charge is 0.311 e. The van der Waals surface area contributed by atoms with Gasteiger partial charge in [-0.3, -0.25) is 0 Å². The van der Waals surface area contributed by atoms with E-state index in [0.717, 1.165) is 17.1 Å². The second-order valence-electron chi connectivity index (χ2n) is 15.3. The lowest BCUT2D eigenvalue weighted by Gasteiger charge is -2.26. The predicted octanol–water partition coefficient (Wildman–Crippen LogP) is 16.8. The molecule has 10 aromatic carbocycles. The number of hydrogen-bond acceptors (Lipinski definition) is 1. The van der Waals surface area contributed by atoms with E-state index in [-0.39, 0.29) is 0 Å². The van der Waals surface area contributed by atoms with Crippen LogP contribution in [0.1, 0.15) is 0 Å². The fourth-order valence-electron chi connectivity index (χ4n) is 8.43. The molecule has 0 saturated heterocycles. The third-order valence-electron chi connectivity index (χ3n) is 11.5. The Morgan fingerprint density at radius 2 is 0.377 bits per heavy atom. The Kier molecular flexibility index (Phi) is 10.4. The van der Waals surface area contributed by atoms with Crippen LogP contribution in [0.3, 0.4) is 0 Å². The van der Waals surface area contributed by atoms with Gasteiger partial charge >= 0.3 is 0 Å². The molecule has 0 N–H and O–H groups in total. The normalized spacial score (nSPS) is 11.0. The number of hydrogen-bond donors (Lipinski definition) is 0. The van der Waals surface area contributed by atoms with Crippen molar-refractivity contribution in [2.45, 2.75) is 0 Å². The highest BCUT2D eigenvalue weighted by molar-refractivity contribution is 5.88. The standard InChI is InChI=1S/C60H43N/c1-5-17-44(18-6-1)51-41-52(45-19-7-2-8-20-45)43-53(42-51)46-29-35-54(36-30-46)61(55-37-31-49(32-38-55)59-27-15-13-25-57(59)47-21-9-3-10-22-47)56-39-33-50(34-40-56)60-28-16-14-26-58(60)48-23-11-4-12-24-48/h1-43H. The van der Waals surface area contributed by atoms with Crippen molar-refractivity contribution < 1.29 is 0 Å². The Balaban J connectivity index is 1.05. The van der Waals surface area contributed by atoms with Gasteiger partial charge in [0, 0.05) is 17.1 Å². The molecular weight excluding hydrogens is 735 g/mol. The fourth-order valence-corrected chi connectivity index (χ4v) is 8.43. The van der Waals surface area contributed by atoms with Gasteiger partial charge in [0.25, 0.3) is 0 Å². The van der Waals surface area contributed by atoms with Crippen LogP contribution >= 0.6 is 0 Å². The van der Waals surface area contributed by atoms with E-state index in [1.54, 1.807) is 0 Å². The van der Waals surface area contributed by atoms with Crippen LogP contribution in [-0.2, 0) is 0 Å². The second-order valence-corrected chi connectivity index (χ2v) is 15.3. The van der Waals surface area contributed by atoms with E-state index in [9.17, 15) is 0 Å². The molecule has 1 heteroatoms. The van der Waals surface area contributed by atoms with Crippen LogP contribution in [0.2, 0.25) is 0 Å². The lowest BCUT2D eigenvalue weighted by atomic mass is 9.93. The van der Waals surface area contributed by atoms with Crippen molar-refractivity contribution in [2.75, 3.05) is 4.90 Å². The molecule has 0 bridgehead atoms. The van der Waals surface area contributed by atoms with Gasteiger partial charge < -0.3 is 4.90 Å². The van der Waals surface area contributed by atoms with Crippen molar-refractivity contribution in [3.05, 3.63) is 261 Å². The summed E-state index contributed by atoms with van der Waals surface area (Å²) in [6.45, 7) is 0. The highest BCUT2D eigenvalue weighted by Gasteiger charge is 2.16. The Morgan fingerprint density at radius 1 is 0.164 bits per heavy atom. The lowest BCUT2D eigenvalue weighted by molar-refractivity contribution is 1.28. The number of nitrogens with zero attached hydrogens (tertiary/aromatic N) is 1. The summed E-state index contributed by atoms with van der Waals surface area (Å²) in [5.41, 5.74) is 20.1. The number of rotatable bonds is 10. The monoisotopic (exact) mass is 777 g/mol. The molecule has 0 amide bonds. The van der Waals surface area contributed by atoms with E-state index in [2.05, 4.69) is 266 Å². The van der Waals surface area contributed by atoms with Gasteiger partial charge in [-0.1, -0.05) is 206 Å². The van der Waals surface area contributed by atoms with Crippen LogP contribution < -0.4 is 4.90 Å². The van der Waals surface area contributed by atoms with Gasteiger partial charge in [0.05, 0.1) is 0 Å². The first-order chi connectivity index (χ1) is 30.2. The molecule has 61 heavy (non-hydrogen) atoms. The van der Waals surface area contributed by atoms with E-state index >= 15 is 0 Å². The molecule has 0 aliphatic carbocycles. The first-order valence-corrected chi connectivity index (χ1v) is 20.9. The molecule has 10 aromatic rings. The average Bonchev–Trinajstić information content (AvgIpc) is 3.36. The molecule has 0 heterocycles. The third kappa shape index (κ3) is 7.93. The quantitative estimate of drug-likeness (QED) is 0.134. The molecule has 0 radical (unpaired) electrons. The molecule has 0 unspecified atom stereocenters. The maximum absolute atomic E-state index is 2.36. The molecule has 0 spiro atoms. The number of benzene rings is 10. The summed E-state index contributed by atoms with van der Waals surface area (Å²) in [4.78, 5) is 2.36. The molecule has 0 atom stereocenters. The van der Waals surface area contributed by atoms with E-state index in [0.29, 0.717) is 0 Å². The first-order valence-electron chi connectivity index (χ1n) is 20.9. The molecular formula is C60H43N. The average molecular weight is 778 g/mol. The fraction of sp³-hybridized carbons (Fsp3) is 0. The van der Waals surface area contributed by atoms with E-state index in [4.69, 9.17) is 0 Å². The summed E-state index contributed by atoms with van der Waals surface area (Å²) >= 11 is 0. The molecule has 288 valence electrons. The maximum atomic E-state index is 2.36. The minimum atomic E-state index is 1.08. The zero-order chi connectivity index (χ0) is 40.8. The summed E-state index contributed by atoms with van der Waals surface area (Å²) in [6, 6.07) is 93.9. The zero-order valence-electron chi connectivity index (χ0n) is 33.8. The highest BCUT2D eigenvalue weighted by atomic mass is 15.1. The van der Waals surface area contributed by atoms with Crippen molar-refractivity contribution in [2.24, 2.45) is 0 Å². The molecule has 10 rings (SSSR count). The predicted molar refractivity (Wildman–Crippen MR) is 259 cm³/mol.